The molecule has 0 spiro atoms. The summed E-state index contributed by atoms with van der Waals surface area (Å²) in [5, 5.41) is 7.31. The normalized spacial score (nSPS) is 16.4. The zero-order valence-corrected chi connectivity index (χ0v) is 8.87. The Balaban J connectivity index is 2.11. The summed E-state index contributed by atoms with van der Waals surface area (Å²) >= 11 is 0. The van der Waals surface area contributed by atoms with Crippen LogP contribution in [0.3, 0.4) is 0 Å². The number of amidine groups is 1. The quantitative estimate of drug-likeness (QED) is 0.570. The van der Waals surface area contributed by atoms with Gasteiger partial charge in [-0.05, 0) is 43.5 Å². The minimum atomic E-state index is 0.139. The Labute approximate surface area is 90.4 Å². The van der Waals surface area contributed by atoms with Gasteiger partial charge in [-0.2, -0.15) is 0 Å². The minimum absolute atomic E-state index is 0.139. The maximum atomic E-state index is 7.31. The second-order valence-electron chi connectivity index (χ2n) is 4.01. The fourth-order valence-electron chi connectivity index (χ4n) is 2.00. The number of piperidine rings is 1. The van der Waals surface area contributed by atoms with Crippen LogP contribution in [-0.2, 0) is 0 Å². The molecule has 3 N–H and O–H groups in total. The van der Waals surface area contributed by atoms with Crippen LogP contribution in [0.15, 0.2) is 24.3 Å². The van der Waals surface area contributed by atoms with Crippen LogP contribution >= 0.6 is 0 Å². The van der Waals surface area contributed by atoms with E-state index in [9.17, 15) is 0 Å². The summed E-state index contributed by atoms with van der Waals surface area (Å²) in [6, 6.07) is 7.96. The number of nitrogens with two attached hydrogens (primary N) is 1. The van der Waals surface area contributed by atoms with Crippen LogP contribution < -0.4 is 10.6 Å². The van der Waals surface area contributed by atoms with E-state index in [1.807, 2.05) is 12.1 Å². The van der Waals surface area contributed by atoms with E-state index in [4.69, 9.17) is 11.1 Å². The molecular formula is C12H17N3. The lowest BCUT2D eigenvalue weighted by molar-refractivity contribution is 0.578. The van der Waals surface area contributed by atoms with Crippen LogP contribution in [0.4, 0.5) is 5.69 Å². The van der Waals surface area contributed by atoms with E-state index in [0.717, 1.165) is 18.7 Å². The van der Waals surface area contributed by atoms with Gasteiger partial charge in [-0.1, -0.05) is 0 Å². The summed E-state index contributed by atoms with van der Waals surface area (Å²) in [5.41, 5.74) is 7.46. The van der Waals surface area contributed by atoms with Crippen LogP contribution in [0.2, 0.25) is 0 Å². The molecular weight excluding hydrogens is 186 g/mol. The van der Waals surface area contributed by atoms with Crippen LogP contribution in [0.1, 0.15) is 24.8 Å². The first-order chi connectivity index (χ1) is 7.27. The van der Waals surface area contributed by atoms with Crippen LogP contribution in [0.25, 0.3) is 0 Å². The third-order valence-electron chi connectivity index (χ3n) is 2.90. The number of anilines is 1. The molecule has 0 radical (unpaired) electrons. The fraction of sp³-hybridized carbons (Fsp3) is 0.417. The monoisotopic (exact) mass is 203 g/mol. The number of hydrogen-bond acceptors (Lipinski definition) is 2. The summed E-state index contributed by atoms with van der Waals surface area (Å²) in [6.07, 6.45) is 3.92. The van der Waals surface area contributed by atoms with Crippen molar-refractivity contribution in [2.45, 2.75) is 19.3 Å². The Kier molecular flexibility index (Phi) is 2.90. The average molecular weight is 203 g/mol. The van der Waals surface area contributed by atoms with Crippen LogP contribution in [0.5, 0.6) is 0 Å². The smallest absolute Gasteiger partial charge is 0.122 e. The van der Waals surface area contributed by atoms with Gasteiger partial charge < -0.3 is 10.6 Å². The van der Waals surface area contributed by atoms with E-state index in [1.165, 1.54) is 24.9 Å². The highest BCUT2D eigenvalue weighted by Gasteiger charge is 2.10. The first kappa shape index (κ1) is 10.0. The second-order valence-corrected chi connectivity index (χ2v) is 4.01. The van der Waals surface area contributed by atoms with Crippen molar-refractivity contribution in [3.05, 3.63) is 29.8 Å². The number of nitrogens with zero attached hydrogens (tertiary/aromatic N) is 1. The van der Waals surface area contributed by atoms with Crippen molar-refractivity contribution >= 4 is 11.5 Å². The molecule has 1 aromatic carbocycles. The van der Waals surface area contributed by atoms with Crippen molar-refractivity contribution in [2.75, 3.05) is 18.0 Å². The van der Waals surface area contributed by atoms with Crippen molar-refractivity contribution in [1.82, 2.24) is 0 Å². The SMILES string of the molecule is N=C(N)c1ccc(N2CCCCC2)cc1. The van der Waals surface area contributed by atoms with Crippen molar-refractivity contribution in [3.63, 3.8) is 0 Å². The highest BCUT2D eigenvalue weighted by Crippen LogP contribution is 2.19. The average Bonchev–Trinajstić information content (AvgIpc) is 2.30. The molecule has 80 valence electrons. The predicted octanol–water partition coefficient (Wildman–Crippen LogP) is 1.96. The van der Waals surface area contributed by atoms with Gasteiger partial charge in [0.25, 0.3) is 0 Å². The molecule has 0 aromatic heterocycles. The molecule has 1 aliphatic rings. The maximum Gasteiger partial charge on any atom is 0.122 e. The van der Waals surface area contributed by atoms with E-state index in [1.54, 1.807) is 0 Å². The summed E-state index contributed by atoms with van der Waals surface area (Å²) in [6.45, 7) is 2.30. The Hall–Kier alpha value is -1.51. The number of nitrogen functional groups attached to an aromatic ring is 1. The van der Waals surface area contributed by atoms with Gasteiger partial charge in [-0.3, -0.25) is 5.41 Å². The Bertz CT molecular complexity index is 336. The van der Waals surface area contributed by atoms with Gasteiger partial charge in [0.15, 0.2) is 0 Å². The van der Waals surface area contributed by atoms with Gasteiger partial charge in [-0.25, -0.2) is 0 Å². The molecule has 0 saturated carbocycles. The minimum Gasteiger partial charge on any atom is -0.384 e. The third kappa shape index (κ3) is 2.29. The molecule has 0 aliphatic carbocycles. The topological polar surface area (TPSA) is 53.1 Å². The highest BCUT2D eigenvalue weighted by molar-refractivity contribution is 5.95. The molecule has 1 saturated heterocycles. The van der Waals surface area contributed by atoms with E-state index >= 15 is 0 Å². The largest absolute Gasteiger partial charge is 0.384 e. The molecule has 0 unspecified atom stereocenters. The van der Waals surface area contributed by atoms with Crippen molar-refractivity contribution in [1.29, 1.82) is 5.41 Å². The van der Waals surface area contributed by atoms with Gasteiger partial charge in [0.2, 0.25) is 0 Å². The molecule has 1 heterocycles. The molecule has 3 heteroatoms. The molecule has 1 aromatic rings. The molecule has 0 bridgehead atoms. The van der Waals surface area contributed by atoms with E-state index < -0.39 is 0 Å². The lowest BCUT2D eigenvalue weighted by Crippen LogP contribution is -2.29. The first-order valence-electron chi connectivity index (χ1n) is 5.47. The van der Waals surface area contributed by atoms with Gasteiger partial charge >= 0.3 is 0 Å². The van der Waals surface area contributed by atoms with Crippen molar-refractivity contribution in [3.8, 4) is 0 Å². The van der Waals surface area contributed by atoms with Gasteiger partial charge in [0.05, 0.1) is 0 Å². The number of benzene rings is 1. The van der Waals surface area contributed by atoms with Gasteiger partial charge in [0, 0.05) is 24.3 Å². The lowest BCUT2D eigenvalue weighted by atomic mass is 10.1. The summed E-state index contributed by atoms with van der Waals surface area (Å²) in [7, 11) is 0. The maximum absolute atomic E-state index is 7.31. The van der Waals surface area contributed by atoms with E-state index in [0.29, 0.717) is 0 Å². The number of hydrogen-bond donors (Lipinski definition) is 2. The third-order valence-corrected chi connectivity index (χ3v) is 2.90. The molecule has 2 rings (SSSR count). The zero-order valence-electron chi connectivity index (χ0n) is 8.87. The number of nitrogens with one attached hydrogen (secondary N) is 1. The second kappa shape index (κ2) is 4.34. The zero-order chi connectivity index (χ0) is 10.7. The highest BCUT2D eigenvalue weighted by atomic mass is 15.1. The standard InChI is InChI=1S/C12H17N3/c13-12(14)10-4-6-11(7-5-10)15-8-2-1-3-9-15/h4-7H,1-3,8-9H2,(H3,13,14). The summed E-state index contributed by atoms with van der Waals surface area (Å²) in [5.74, 6) is 0.139. The molecule has 1 aliphatic heterocycles. The van der Waals surface area contributed by atoms with E-state index in [2.05, 4.69) is 17.0 Å². The lowest BCUT2D eigenvalue weighted by Gasteiger charge is -2.28. The molecule has 3 nitrogen and oxygen atoms in total. The van der Waals surface area contributed by atoms with Gasteiger partial charge in [-0.15, -0.1) is 0 Å². The van der Waals surface area contributed by atoms with Gasteiger partial charge in [0.1, 0.15) is 5.84 Å². The molecule has 0 atom stereocenters. The summed E-state index contributed by atoms with van der Waals surface area (Å²) < 4.78 is 0. The van der Waals surface area contributed by atoms with Crippen molar-refractivity contribution in [2.24, 2.45) is 5.73 Å². The predicted molar refractivity (Wildman–Crippen MR) is 63.5 cm³/mol. The van der Waals surface area contributed by atoms with Crippen LogP contribution in [0, 0.1) is 5.41 Å². The Morgan fingerprint density at radius 2 is 1.67 bits per heavy atom. The Morgan fingerprint density at radius 3 is 2.20 bits per heavy atom. The van der Waals surface area contributed by atoms with Crippen LogP contribution in [-0.4, -0.2) is 18.9 Å². The summed E-state index contributed by atoms with van der Waals surface area (Å²) in [4.78, 5) is 2.40. The van der Waals surface area contributed by atoms with Crippen molar-refractivity contribution < 1.29 is 0 Å². The fourth-order valence-corrected chi connectivity index (χ4v) is 2.00. The first-order valence-corrected chi connectivity index (χ1v) is 5.47. The number of rotatable bonds is 2. The molecule has 15 heavy (non-hydrogen) atoms. The van der Waals surface area contributed by atoms with E-state index in [-0.39, 0.29) is 5.84 Å². The Morgan fingerprint density at radius 1 is 1.07 bits per heavy atom. The molecule has 0 amide bonds. The molecule has 1 fully saturated rings.